The molecule has 1 aliphatic rings. The highest BCUT2D eigenvalue weighted by Gasteiger charge is 2.22. The van der Waals surface area contributed by atoms with Gasteiger partial charge in [0.05, 0.1) is 5.52 Å². The number of allylic oxidation sites excluding steroid dienone is 1. The lowest BCUT2D eigenvalue weighted by atomic mass is 10.1. The standard InChI is InChI=1S/C21H20Cl2N2/c1-14(15-3-5-16(22)6-4-15)12-25-20-8-7-17(23)11-18(20)19-13-24(2)10-9-21(19)25/h3-8,11-12H,9-10,13H2,1-2H3/b14-12-. The molecule has 0 spiro atoms. The zero-order valence-electron chi connectivity index (χ0n) is 14.4. The van der Waals surface area contributed by atoms with Crippen molar-refractivity contribution in [3.8, 4) is 0 Å². The Labute approximate surface area is 158 Å². The molecule has 0 bridgehead atoms. The number of likely N-dealkylation sites (N-methyl/N-ethyl adjacent to an activating group) is 1. The van der Waals surface area contributed by atoms with Crippen molar-refractivity contribution in [1.29, 1.82) is 0 Å². The lowest BCUT2D eigenvalue weighted by Crippen LogP contribution is -2.26. The Morgan fingerprint density at radius 2 is 1.76 bits per heavy atom. The quantitative estimate of drug-likeness (QED) is 0.540. The average Bonchev–Trinajstić information content (AvgIpc) is 2.88. The summed E-state index contributed by atoms with van der Waals surface area (Å²) < 4.78 is 2.35. The van der Waals surface area contributed by atoms with Gasteiger partial charge in [-0.05, 0) is 61.0 Å². The molecule has 0 saturated heterocycles. The lowest BCUT2D eigenvalue weighted by Gasteiger charge is -2.23. The number of halogens is 2. The number of hydrogen-bond donors (Lipinski definition) is 0. The molecule has 1 aromatic heterocycles. The van der Waals surface area contributed by atoms with Crippen LogP contribution in [0, 0.1) is 0 Å². The van der Waals surface area contributed by atoms with Crippen LogP contribution in [0.5, 0.6) is 0 Å². The Bertz CT molecular complexity index is 968. The molecule has 0 aliphatic carbocycles. The van der Waals surface area contributed by atoms with Crippen LogP contribution in [0.2, 0.25) is 10.0 Å². The van der Waals surface area contributed by atoms with E-state index in [1.807, 2.05) is 18.2 Å². The molecule has 0 unspecified atom stereocenters. The van der Waals surface area contributed by atoms with Crippen LogP contribution in [0.25, 0.3) is 22.7 Å². The lowest BCUT2D eigenvalue weighted by molar-refractivity contribution is 0.312. The SMILES string of the molecule is C/C(=C/n1c2c(c3cc(Cl)ccc31)CN(C)CC2)c1ccc(Cl)cc1. The Kier molecular flexibility index (Phi) is 4.36. The number of fused-ring (bicyclic) bond motifs is 3. The highest BCUT2D eigenvalue weighted by molar-refractivity contribution is 6.31. The molecule has 2 nitrogen and oxygen atoms in total. The Morgan fingerprint density at radius 1 is 1.04 bits per heavy atom. The van der Waals surface area contributed by atoms with Gasteiger partial charge in [-0.3, -0.25) is 0 Å². The maximum Gasteiger partial charge on any atom is 0.0529 e. The molecule has 4 heteroatoms. The molecule has 2 heterocycles. The van der Waals surface area contributed by atoms with Gasteiger partial charge in [0.15, 0.2) is 0 Å². The number of rotatable bonds is 2. The number of aromatic nitrogens is 1. The molecule has 0 N–H and O–H groups in total. The van der Waals surface area contributed by atoms with E-state index in [1.165, 1.54) is 33.3 Å². The predicted octanol–water partition coefficient (Wildman–Crippen LogP) is 5.95. The molecule has 128 valence electrons. The second kappa shape index (κ2) is 6.53. The Hall–Kier alpha value is -1.74. The highest BCUT2D eigenvalue weighted by atomic mass is 35.5. The summed E-state index contributed by atoms with van der Waals surface area (Å²) in [6.07, 6.45) is 3.28. The van der Waals surface area contributed by atoms with E-state index in [2.05, 4.69) is 53.9 Å². The third kappa shape index (κ3) is 3.10. The minimum Gasteiger partial charge on any atom is -0.320 e. The third-order valence-corrected chi connectivity index (χ3v) is 5.45. The van der Waals surface area contributed by atoms with Crippen LogP contribution in [-0.2, 0) is 13.0 Å². The van der Waals surface area contributed by atoms with Crippen molar-refractivity contribution in [2.45, 2.75) is 19.9 Å². The van der Waals surface area contributed by atoms with Gasteiger partial charge in [-0.25, -0.2) is 0 Å². The normalized spacial score (nSPS) is 15.6. The summed E-state index contributed by atoms with van der Waals surface area (Å²) in [5.74, 6) is 0. The third-order valence-electron chi connectivity index (χ3n) is 4.96. The van der Waals surface area contributed by atoms with Gasteiger partial charge < -0.3 is 9.47 Å². The predicted molar refractivity (Wildman–Crippen MR) is 108 cm³/mol. The molecule has 0 amide bonds. The molecule has 0 saturated carbocycles. The summed E-state index contributed by atoms with van der Waals surface area (Å²) in [7, 11) is 2.17. The first kappa shape index (κ1) is 16.7. The first-order valence-corrected chi connectivity index (χ1v) is 9.22. The van der Waals surface area contributed by atoms with Crippen LogP contribution >= 0.6 is 23.2 Å². The van der Waals surface area contributed by atoms with Gasteiger partial charge in [-0.15, -0.1) is 0 Å². The van der Waals surface area contributed by atoms with Gasteiger partial charge >= 0.3 is 0 Å². The van der Waals surface area contributed by atoms with Crippen LogP contribution in [0.1, 0.15) is 23.7 Å². The molecule has 1 aliphatic heterocycles. The van der Waals surface area contributed by atoms with E-state index in [9.17, 15) is 0 Å². The van der Waals surface area contributed by atoms with Crippen LogP contribution in [-0.4, -0.2) is 23.1 Å². The fourth-order valence-electron chi connectivity index (χ4n) is 3.63. The van der Waals surface area contributed by atoms with E-state index in [1.54, 1.807) is 0 Å². The molecular weight excluding hydrogens is 351 g/mol. The molecule has 25 heavy (non-hydrogen) atoms. The zero-order chi connectivity index (χ0) is 17.6. The molecule has 0 atom stereocenters. The number of hydrogen-bond acceptors (Lipinski definition) is 1. The first-order chi connectivity index (χ1) is 12.0. The van der Waals surface area contributed by atoms with Gasteiger partial charge in [0, 0.05) is 46.8 Å². The summed E-state index contributed by atoms with van der Waals surface area (Å²) in [5, 5.41) is 2.81. The van der Waals surface area contributed by atoms with E-state index in [4.69, 9.17) is 23.2 Å². The van der Waals surface area contributed by atoms with Gasteiger partial charge in [0.25, 0.3) is 0 Å². The monoisotopic (exact) mass is 370 g/mol. The van der Waals surface area contributed by atoms with Gasteiger partial charge in [-0.2, -0.15) is 0 Å². The van der Waals surface area contributed by atoms with E-state index in [-0.39, 0.29) is 0 Å². The maximum atomic E-state index is 6.27. The van der Waals surface area contributed by atoms with Crippen molar-refractivity contribution < 1.29 is 0 Å². The van der Waals surface area contributed by atoms with Crippen LogP contribution < -0.4 is 0 Å². The number of benzene rings is 2. The molecular formula is C21H20Cl2N2. The summed E-state index contributed by atoms with van der Waals surface area (Å²) in [6, 6.07) is 14.2. The van der Waals surface area contributed by atoms with Crippen molar-refractivity contribution >= 4 is 45.9 Å². The largest absolute Gasteiger partial charge is 0.320 e. The highest BCUT2D eigenvalue weighted by Crippen LogP contribution is 2.33. The summed E-state index contributed by atoms with van der Waals surface area (Å²) >= 11 is 12.3. The van der Waals surface area contributed by atoms with Crippen molar-refractivity contribution in [1.82, 2.24) is 9.47 Å². The molecule has 3 aromatic rings. The summed E-state index contributed by atoms with van der Waals surface area (Å²) in [4.78, 5) is 2.36. The minimum atomic E-state index is 0.762. The second-order valence-electron chi connectivity index (χ2n) is 6.76. The van der Waals surface area contributed by atoms with Crippen molar-refractivity contribution in [3.63, 3.8) is 0 Å². The fraction of sp³-hybridized carbons (Fsp3) is 0.238. The summed E-state index contributed by atoms with van der Waals surface area (Å²) in [5.41, 5.74) is 6.40. The first-order valence-electron chi connectivity index (χ1n) is 8.47. The maximum absolute atomic E-state index is 6.27. The average molecular weight is 371 g/mol. The van der Waals surface area contributed by atoms with E-state index in [0.717, 1.165) is 29.6 Å². The Balaban J connectivity index is 1.89. The Morgan fingerprint density at radius 3 is 2.52 bits per heavy atom. The van der Waals surface area contributed by atoms with Gasteiger partial charge in [0.1, 0.15) is 0 Å². The van der Waals surface area contributed by atoms with Gasteiger partial charge in [-0.1, -0.05) is 35.3 Å². The molecule has 0 radical (unpaired) electrons. The summed E-state index contributed by atoms with van der Waals surface area (Å²) in [6.45, 7) is 4.18. The topological polar surface area (TPSA) is 8.17 Å². The molecule has 0 fully saturated rings. The minimum absolute atomic E-state index is 0.762. The zero-order valence-corrected chi connectivity index (χ0v) is 15.9. The van der Waals surface area contributed by atoms with Crippen molar-refractivity contribution in [2.75, 3.05) is 13.6 Å². The fourth-order valence-corrected chi connectivity index (χ4v) is 3.93. The number of nitrogens with zero attached hydrogens (tertiary/aromatic N) is 2. The molecule has 2 aromatic carbocycles. The van der Waals surface area contributed by atoms with Crippen LogP contribution in [0.3, 0.4) is 0 Å². The van der Waals surface area contributed by atoms with E-state index < -0.39 is 0 Å². The van der Waals surface area contributed by atoms with Crippen LogP contribution in [0.4, 0.5) is 0 Å². The van der Waals surface area contributed by atoms with E-state index in [0.29, 0.717) is 0 Å². The smallest absolute Gasteiger partial charge is 0.0529 e. The van der Waals surface area contributed by atoms with Crippen molar-refractivity contribution in [2.24, 2.45) is 0 Å². The van der Waals surface area contributed by atoms with Crippen molar-refractivity contribution in [3.05, 3.63) is 69.3 Å². The van der Waals surface area contributed by atoms with Crippen LogP contribution in [0.15, 0.2) is 42.5 Å². The van der Waals surface area contributed by atoms with Gasteiger partial charge in [0.2, 0.25) is 0 Å². The second-order valence-corrected chi connectivity index (χ2v) is 7.64. The van der Waals surface area contributed by atoms with E-state index >= 15 is 0 Å². The molecule has 4 rings (SSSR count).